The summed E-state index contributed by atoms with van der Waals surface area (Å²) >= 11 is 0. The minimum Gasteiger partial charge on any atom is -0.358 e. The van der Waals surface area contributed by atoms with Crippen molar-refractivity contribution >= 4 is 10.9 Å². The van der Waals surface area contributed by atoms with Crippen LogP contribution in [0.5, 0.6) is 0 Å². The van der Waals surface area contributed by atoms with Gasteiger partial charge in [-0.3, -0.25) is 0 Å². The Balaban J connectivity index is 2.62. The lowest BCUT2D eigenvalue weighted by Gasteiger charge is -2.15. The van der Waals surface area contributed by atoms with Crippen LogP contribution >= 0.6 is 0 Å². The molecule has 0 aliphatic carbocycles. The first-order valence-corrected chi connectivity index (χ1v) is 5.04. The van der Waals surface area contributed by atoms with Gasteiger partial charge in [0.1, 0.15) is 0 Å². The number of H-pyrrole nitrogens is 1. The molecule has 0 unspecified atom stereocenters. The van der Waals surface area contributed by atoms with Crippen molar-refractivity contribution in [2.75, 3.05) is 0 Å². The highest BCUT2D eigenvalue weighted by Gasteiger charge is 2.15. The third-order valence-corrected chi connectivity index (χ3v) is 2.56. The van der Waals surface area contributed by atoms with Crippen molar-refractivity contribution in [2.45, 2.75) is 26.2 Å². The molecule has 2 nitrogen and oxygen atoms in total. The molecular weight excluding hydrogens is 184 g/mol. The molecule has 76 valence electrons. The van der Waals surface area contributed by atoms with Crippen molar-refractivity contribution in [3.8, 4) is 6.07 Å². The maximum atomic E-state index is 8.80. The van der Waals surface area contributed by atoms with Crippen molar-refractivity contribution in [1.82, 2.24) is 4.98 Å². The molecule has 0 spiro atoms. The summed E-state index contributed by atoms with van der Waals surface area (Å²) < 4.78 is 0. The summed E-state index contributed by atoms with van der Waals surface area (Å²) in [5.74, 6) is 0. The summed E-state index contributed by atoms with van der Waals surface area (Å²) in [7, 11) is 0. The van der Waals surface area contributed by atoms with E-state index in [0.717, 1.165) is 5.52 Å². The monoisotopic (exact) mass is 198 g/mol. The van der Waals surface area contributed by atoms with Crippen LogP contribution in [0.15, 0.2) is 24.3 Å². The van der Waals surface area contributed by atoms with E-state index in [4.69, 9.17) is 5.26 Å². The quantitative estimate of drug-likeness (QED) is 0.692. The predicted molar refractivity (Wildman–Crippen MR) is 61.7 cm³/mol. The van der Waals surface area contributed by atoms with E-state index in [-0.39, 0.29) is 5.41 Å². The Morgan fingerprint density at radius 3 is 2.53 bits per heavy atom. The number of aromatic nitrogens is 1. The number of fused-ring (bicyclic) bond motifs is 1. The zero-order chi connectivity index (χ0) is 11.1. The van der Waals surface area contributed by atoms with Crippen molar-refractivity contribution < 1.29 is 0 Å². The highest BCUT2D eigenvalue weighted by atomic mass is 14.7. The summed E-state index contributed by atoms with van der Waals surface area (Å²) in [6, 6.07) is 10.0. The van der Waals surface area contributed by atoms with Gasteiger partial charge in [-0.2, -0.15) is 5.26 Å². The van der Waals surface area contributed by atoms with E-state index in [1.54, 1.807) is 0 Å². The van der Waals surface area contributed by atoms with Crippen molar-refractivity contribution in [1.29, 1.82) is 5.26 Å². The van der Waals surface area contributed by atoms with E-state index in [2.05, 4.69) is 37.9 Å². The number of hydrogen-bond acceptors (Lipinski definition) is 1. The average Bonchev–Trinajstić information content (AvgIpc) is 2.59. The van der Waals surface area contributed by atoms with Gasteiger partial charge in [-0.1, -0.05) is 26.8 Å². The SMILES string of the molecule is CC(C)(C)c1cc2ccc(C#N)cc2[nH]1. The van der Waals surface area contributed by atoms with E-state index in [1.165, 1.54) is 11.1 Å². The Kier molecular flexibility index (Phi) is 2.04. The van der Waals surface area contributed by atoms with Crippen LogP contribution in [0.2, 0.25) is 0 Å². The Bertz CT molecular complexity index is 536. The van der Waals surface area contributed by atoms with Gasteiger partial charge in [0, 0.05) is 16.6 Å². The molecule has 0 amide bonds. The number of hydrogen-bond donors (Lipinski definition) is 1. The van der Waals surface area contributed by atoms with Crippen LogP contribution in [-0.4, -0.2) is 4.98 Å². The van der Waals surface area contributed by atoms with Crippen LogP contribution in [0, 0.1) is 11.3 Å². The molecule has 0 aliphatic rings. The lowest BCUT2D eigenvalue weighted by molar-refractivity contribution is 0.574. The molecule has 0 saturated heterocycles. The Hall–Kier alpha value is -1.75. The zero-order valence-corrected chi connectivity index (χ0v) is 9.26. The standard InChI is InChI=1S/C13H14N2/c1-13(2,3)12-7-10-5-4-9(8-14)6-11(10)15-12/h4-7,15H,1-3H3. The van der Waals surface area contributed by atoms with Crippen LogP contribution < -0.4 is 0 Å². The molecule has 0 atom stereocenters. The zero-order valence-electron chi connectivity index (χ0n) is 9.26. The van der Waals surface area contributed by atoms with Crippen molar-refractivity contribution in [3.05, 3.63) is 35.5 Å². The first-order chi connectivity index (χ1) is 7.00. The summed E-state index contributed by atoms with van der Waals surface area (Å²) in [4.78, 5) is 3.36. The number of rotatable bonds is 0. The average molecular weight is 198 g/mol. The first-order valence-electron chi connectivity index (χ1n) is 5.04. The van der Waals surface area contributed by atoms with Crippen LogP contribution in [0.25, 0.3) is 10.9 Å². The Labute approximate surface area is 89.5 Å². The van der Waals surface area contributed by atoms with E-state index in [9.17, 15) is 0 Å². The normalized spacial score (nSPS) is 11.6. The van der Waals surface area contributed by atoms with Crippen LogP contribution in [0.4, 0.5) is 0 Å². The summed E-state index contributed by atoms with van der Waals surface area (Å²) in [6.45, 7) is 6.51. The molecule has 0 bridgehead atoms. The van der Waals surface area contributed by atoms with Gasteiger partial charge in [0.05, 0.1) is 11.6 Å². The van der Waals surface area contributed by atoms with E-state index >= 15 is 0 Å². The molecular formula is C13H14N2. The molecule has 1 aromatic carbocycles. The molecule has 15 heavy (non-hydrogen) atoms. The van der Waals surface area contributed by atoms with Gasteiger partial charge in [-0.25, -0.2) is 0 Å². The lowest BCUT2D eigenvalue weighted by Crippen LogP contribution is -2.10. The molecule has 1 heterocycles. The second-order valence-corrected chi connectivity index (χ2v) is 4.85. The van der Waals surface area contributed by atoms with Gasteiger partial charge in [-0.15, -0.1) is 0 Å². The second-order valence-electron chi connectivity index (χ2n) is 4.85. The molecule has 2 rings (SSSR count). The van der Waals surface area contributed by atoms with Gasteiger partial charge < -0.3 is 4.98 Å². The molecule has 0 saturated carbocycles. The number of nitriles is 1. The third kappa shape index (κ3) is 1.73. The Morgan fingerprint density at radius 1 is 1.20 bits per heavy atom. The fraction of sp³-hybridized carbons (Fsp3) is 0.308. The largest absolute Gasteiger partial charge is 0.358 e. The summed E-state index contributed by atoms with van der Waals surface area (Å²) in [5.41, 5.74) is 3.06. The number of nitrogens with zero attached hydrogens (tertiary/aromatic N) is 1. The fourth-order valence-electron chi connectivity index (χ4n) is 1.60. The summed E-state index contributed by atoms with van der Waals surface area (Å²) in [6.07, 6.45) is 0. The lowest BCUT2D eigenvalue weighted by atomic mass is 9.92. The smallest absolute Gasteiger partial charge is 0.0992 e. The molecule has 1 N–H and O–H groups in total. The number of aromatic amines is 1. The minimum absolute atomic E-state index is 0.117. The van der Waals surface area contributed by atoms with Crippen LogP contribution in [0.1, 0.15) is 32.0 Å². The topological polar surface area (TPSA) is 39.6 Å². The van der Waals surface area contributed by atoms with Gasteiger partial charge in [-0.05, 0) is 23.6 Å². The Morgan fingerprint density at radius 2 is 1.93 bits per heavy atom. The highest BCUT2D eigenvalue weighted by molar-refractivity contribution is 5.82. The van der Waals surface area contributed by atoms with Gasteiger partial charge >= 0.3 is 0 Å². The third-order valence-electron chi connectivity index (χ3n) is 2.56. The first kappa shape index (κ1) is 9.79. The van der Waals surface area contributed by atoms with Crippen LogP contribution in [0.3, 0.4) is 0 Å². The number of nitrogens with one attached hydrogen (secondary N) is 1. The van der Waals surface area contributed by atoms with E-state index < -0.39 is 0 Å². The van der Waals surface area contributed by atoms with Gasteiger partial charge in [0.15, 0.2) is 0 Å². The van der Waals surface area contributed by atoms with Gasteiger partial charge in [0.2, 0.25) is 0 Å². The fourth-order valence-corrected chi connectivity index (χ4v) is 1.60. The maximum Gasteiger partial charge on any atom is 0.0992 e. The van der Waals surface area contributed by atoms with Crippen molar-refractivity contribution in [3.63, 3.8) is 0 Å². The van der Waals surface area contributed by atoms with Gasteiger partial charge in [0.25, 0.3) is 0 Å². The maximum absolute atomic E-state index is 8.80. The molecule has 1 aromatic heterocycles. The predicted octanol–water partition coefficient (Wildman–Crippen LogP) is 3.34. The molecule has 0 fully saturated rings. The highest BCUT2D eigenvalue weighted by Crippen LogP contribution is 2.26. The van der Waals surface area contributed by atoms with E-state index in [1.807, 2.05) is 18.2 Å². The molecule has 2 heteroatoms. The van der Waals surface area contributed by atoms with Crippen molar-refractivity contribution in [2.24, 2.45) is 0 Å². The minimum atomic E-state index is 0.117. The molecule has 0 aliphatic heterocycles. The molecule has 2 aromatic rings. The second kappa shape index (κ2) is 3.13. The van der Waals surface area contributed by atoms with E-state index in [0.29, 0.717) is 5.56 Å². The summed E-state index contributed by atoms with van der Waals surface area (Å²) in [5, 5.41) is 9.97. The van der Waals surface area contributed by atoms with Crippen LogP contribution in [-0.2, 0) is 5.41 Å². The molecule has 0 radical (unpaired) electrons. The number of benzene rings is 1.